The fourth-order valence-electron chi connectivity index (χ4n) is 4.22. The Labute approximate surface area is 177 Å². The van der Waals surface area contributed by atoms with Crippen molar-refractivity contribution in [2.24, 2.45) is 5.16 Å². The molecule has 0 amide bonds. The number of rotatable bonds is 3. The highest BCUT2D eigenvalue weighted by Crippen LogP contribution is 2.35. The molecule has 6 nitrogen and oxygen atoms in total. The molecule has 0 atom stereocenters. The predicted molar refractivity (Wildman–Crippen MR) is 117 cm³/mol. The number of nitrogens with zero attached hydrogens (tertiary/aromatic N) is 2. The largest absolute Gasteiger partial charge is 0.332 e. The van der Waals surface area contributed by atoms with E-state index in [0.29, 0.717) is 16.7 Å². The van der Waals surface area contributed by atoms with E-state index in [1.165, 1.54) is 6.92 Å². The lowest BCUT2D eigenvalue weighted by molar-refractivity contribution is -0.140. The van der Waals surface area contributed by atoms with Crippen LogP contribution in [0.3, 0.4) is 0 Å². The second-order valence-corrected chi connectivity index (χ2v) is 7.61. The van der Waals surface area contributed by atoms with E-state index in [1.54, 1.807) is 12.1 Å². The first-order valence-electron chi connectivity index (χ1n) is 9.90. The van der Waals surface area contributed by atoms with Gasteiger partial charge < -0.3 is 9.40 Å². The van der Waals surface area contributed by atoms with E-state index in [9.17, 15) is 14.4 Å². The number of hydrogen-bond donors (Lipinski definition) is 0. The molecule has 0 spiro atoms. The van der Waals surface area contributed by atoms with E-state index >= 15 is 0 Å². The maximum atomic E-state index is 13.1. The number of aryl methyl sites for hydroxylation is 1. The molecule has 1 aromatic heterocycles. The van der Waals surface area contributed by atoms with Crippen molar-refractivity contribution in [2.75, 3.05) is 0 Å². The Hall–Kier alpha value is -4.06. The summed E-state index contributed by atoms with van der Waals surface area (Å²) in [5.74, 6) is -0.864. The zero-order valence-corrected chi connectivity index (χ0v) is 17.0. The Bertz CT molecular complexity index is 1460. The molecule has 2 heterocycles. The maximum Gasteiger partial charge on any atom is 0.332 e. The second-order valence-electron chi connectivity index (χ2n) is 7.61. The molecular weight excluding hydrogens is 392 g/mol. The highest BCUT2D eigenvalue weighted by atomic mass is 16.7. The number of aromatic nitrogens is 1. The Morgan fingerprint density at radius 1 is 1.00 bits per heavy atom. The molecule has 0 bridgehead atoms. The number of carbonyl (C=O) groups is 3. The van der Waals surface area contributed by atoms with Crippen molar-refractivity contribution >= 4 is 45.1 Å². The second kappa shape index (κ2) is 7.02. The monoisotopic (exact) mass is 410 g/mol. The standard InChI is InChI=1S/C25H18N2O4/c1-14-6-3-4-7-17(14)25(30)16-10-11-21-20(12-16)18-8-5-9-19-23(26-31-15(2)28)22(29)13-27(21)24(18)19/h3-12H,13H2,1-2H3/b26-23-. The fraction of sp³-hybridized carbons (Fsp3) is 0.120. The summed E-state index contributed by atoms with van der Waals surface area (Å²) in [5.41, 5.74) is 4.62. The lowest BCUT2D eigenvalue weighted by Gasteiger charge is -2.16. The number of oxime groups is 1. The van der Waals surface area contributed by atoms with Crippen molar-refractivity contribution in [3.05, 3.63) is 82.9 Å². The quantitative estimate of drug-likeness (QED) is 0.288. The van der Waals surface area contributed by atoms with E-state index in [0.717, 1.165) is 27.4 Å². The smallest absolute Gasteiger partial charge is 0.332 e. The summed E-state index contributed by atoms with van der Waals surface area (Å²) < 4.78 is 1.93. The van der Waals surface area contributed by atoms with Gasteiger partial charge in [-0.05, 0) is 30.7 Å². The molecule has 152 valence electrons. The molecule has 0 unspecified atom stereocenters. The first-order chi connectivity index (χ1) is 15.0. The van der Waals surface area contributed by atoms with Crippen LogP contribution in [0, 0.1) is 6.92 Å². The summed E-state index contributed by atoms with van der Waals surface area (Å²) in [7, 11) is 0. The van der Waals surface area contributed by atoms with Crippen molar-refractivity contribution < 1.29 is 19.2 Å². The number of ketones is 2. The molecule has 3 aromatic carbocycles. The van der Waals surface area contributed by atoms with Crippen molar-refractivity contribution in [3.63, 3.8) is 0 Å². The minimum Gasteiger partial charge on any atom is -0.332 e. The van der Waals surface area contributed by atoms with Gasteiger partial charge in [0.25, 0.3) is 0 Å². The minimum atomic E-state index is -0.585. The van der Waals surface area contributed by atoms with E-state index in [-0.39, 0.29) is 23.8 Å². The summed E-state index contributed by atoms with van der Waals surface area (Å²) in [6.07, 6.45) is 0. The highest BCUT2D eigenvalue weighted by Gasteiger charge is 2.28. The van der Waals surface area contributed by atoms with Gasteiger partial charge in [0.15, 0.2) is 11.5 Å². The van der Waals surface area contributed by atoms with E-state index < -0.39 is 5.97 Å². The van der Waals surface area contributed by atoms with Crippen LogP contribution in [0.15, 0.2) is 65.8 Å². The molecule has 0 radical (unpaired) electrons. The number of carbonyl (C=O) groups excluding carboxylic acids is 3. The summed E-state index contributed by atoms with van der Waals surface area (Å²) in [5, 5.41) is 5.60. The number of fused-ring (bicyclic) bond motifs is 3. The van der Waals surface area contributed by atoms with Gasteiger partial charge in [0.2, 0.25) is 5.78 Å². The van der Waals surface area contributed by atoms with Crippen LogP contribution in [0.5, 0.6) is 0 Å². The van der Waals surface area contributed by atoms with Crippen molar-refractivity contribution in [2.45, 2.75) is 20.4 Å². The van der Waals surface area contributed by atoms with Gasteiger partial charge in [-0.1, -0.05) is 47.6 Å². The third kappa shape index (κ3) is 2.95. The summed E-state index contributed by atoms with van der Waals surface area (Å²) >= 11 is 0. The predicted octanol–water partition coefficient (Wildman–Crippen LogP) is 4.18. The molecule has 0 saturated carbocycles. The van der Waals surface area contributed by atoms with Gasteiger partial charge >= 0.3 is 5.97 Å². The number of hydrogen-bond acceptors (Lipinski definition) is 5. The first kappa shape index (κ1) is 18.9. The third-order valence-electron chi connectivity index (χ3n) is 5.62. The van der Waals surface area contributed by atoms with Crippen LogP contribution in [0.4, 0.5) is 0 Å². The molecule has 5 rings (SSSR count). The van der Waals surface area contributed by atoms with Gasteiger partial charge in [0.1, 0.15) is 0 Å². The normalized spacial score (nSPS) is 14.4. The molecule has 6 heteroatoms. The number of benzene rings is 3. The topological polar surface area (TPSA) is 77.7 Å². The van der Waals surface area contributed by atoms with E-state index in [1.807, 2.05) is 60.0 Å². The van der Waals surface area contributed by atoms with Crippen LogP contribution < -0.4 is 0 Å². The average Bonchev–Trinajstić information content (AvgIpc) is 3.07. The molecule has 31 heavy (non-hydrogen) atoms. The van der Waals surface area contributed by atoms with Crippen molar-refractivity contribution in [1.82, 2.24) is 4.57 Å². The Balaban J connectivity index is 1.72. The highest BCUT2D eigenvalue weighted by molar-refractivity contribution is 6.49. The van der Waals surface area contributed by atoms with Crippen LogP contribution in [0.2, 0.25) is 0 Å². The lowest BCUT2D eigenvalue weighted by Crippen LogP contribution is -2.27. The van der Waals surface area contributed by atoms with E-state index in [4.69, 9.17) is 4.84 Å². The van der Waals surface area contributed by atoms with Gasteiger partial charge in [-0.15, -0.1) is 0 Å². The molecule has 0 aliphatic carbocycles. The van der Waals surface area contributed by atoms with Crippen LogP contribution >= 0.6 is 0 Å². The molecule has 0 saturated heterocycles. The van der Waals surface area contributed by atoms with Crippen LogP contribution in [0.25, 0.3) is 21.8 Å². The molecule has 0 fully saturated rings. The fourth-order valence-corrected chi connectivity index (χ4v) is 4.22. The SMILES string of the molecule is CC(=O)O/N=C1\C(=O)Cn2c3ccc(C(=O)c4ccccc4C)cc3c3cccc1c32. The first-order valence-corrected chi connectivity index (χ1v) is 9.90. The molecule has 4 aromatic rings. The Morgan fingerprint density at radius 2 is 1.81 bits per heavy atom. The Morgan fingerprint density at radius 3 is 2.58 bits per heavy atom. The summed E-state index contributed by atoms with van der Waals surface area (Å²) in [4.78, 5) is 41.8. The van der Waals surface area contributed by atoms with Gasteiger partial charge in [-0.2, -0.15) is 0 Å². The van der Waals surface area contributed by atoms with Gasteiger partial charge in [-0.3, -0.25) is 9.59 Å². The maximum absolute atomic E-state index is 13.1. The molecule has 1 aliphatic heterocycles. The molecule has 0 N–H and O–H groups in total. The third-order valence-corrected chi connectivity index (χ3v) is 5.62. The van der Waals surface area contributed by atoms with Crippen LogP contribution in [-0.4, -0.2) is 27.8 Å². The van der Waals surface area contributed by atoms with Crippen molar-refractivity contribution in [1.29, 1.82) is 0 Å². The molecular formula is C25H18N2O4. The zero-order valence-electron chi connectivity index (χ0n) is 17.0. The lowest BCUT2D eigenvalue weighted by atomic mass is 9.97. The summed E-state index contributed by atoms with van der Waals surface area (Å²) in [6.45, 7) is 3.24. The van der Waals surface area contributed by atoms with Crippen molar-refractivity contribution in [3.8, 4) is 0 Å². The minimum absolute atomic E-state index is 0.0416. The summed E-state index contributed by atoms with van der Waals surface area (Å²) in [6, 6.07) is 18.6. The number of para-hydroxylation sites is 1. The van der Waals surface area contributed by atoms with Gasteiger partial charge in [0, 0.05) is 39.9 Å². The van der Waals surface area contributed by atoms with Gasteiger partial charge in [0.05, 0.1) is 12.1 Å². The molecule has 1 aliphatic rings. The van der Waals surface area contributed by atoms with Gasteiger partial charge in [-0.25, -0.2) is 4.79 Å². The Kier molecular flexibility index (Phi) is 4.29. The van der Waals surface area contributed by atoms with E-state index in [2.05, 4.69) is 5.16 Å². The zero-order chi connectivity index (χ0) is 21.7. The van der Waals surface area contributed by atoms with Crippen LogP contribution in [0.1, 0.15) is 34.0 Å². The van der Waals surface area contributed by atoms with Crippen LogP contribution in [-0.2, 0) is 21.0 Å². The number of Topliss-reactive ketones (excluding diaryl/α,β-unsaturated/α-hetero) is 1. The average molecular weight is 410 g/mol.